The van der Waals surface area contributed by atoms with Crippen LogP contribution >= 0.6 is 0 Å². The molecule has 0 unspecified atom stereocenters. The van der Waals surface area contributed by atoms with Crippen LogP contribution in [0.2, 0.25) is 0 Å². The smallest absolute Gasteiger partial charge is 0.351 e. The van der Waals surface area contributed by atoms with Crippen LogP contribution in [0.5, 0.6) is 0 Å². The molecule has 4 nitrogen and oxygen atoms in total. The summed E-state index contributed by atoms with van der Waals surface area (Å²) >= 11 is 0. The van der Waals surface area contributed by atoms with Gasteiger partial charge in [0.05, 0.1) is 5.41 Å². The Balaban J connectivity index is 2.38. The normalized spacial score (nSPS) is 38.8. The molecule has 0 aromatic rings. The predicted molar refractivity (Wildman–Crippen MR) is 65.7 cm³/mol. The van der Waals surface area contributed by atoms with Gasteiger partial charge in [-0.15, -0.1) is 0 Å². The molecule has 0 bridgehead atoms. The summed E-state index contributed by atoms with van der Waals surface area (Å²) in [5.41, 5.74) is -0.481. The van der Waals surface area contributed by atoms with Crippen molar-refractivity contribution in [3.05, 3.63) is 12.2 Å². The maximum Gasteiger partial charge on any atom is 0.351 e. The van der Waals surface area contributed by atoms with Crippen LogP contribution in [0.4, 0.5) is 0 Å². The van der Waals surface area contributed by atoms with E-state index in [9.17, 15) is 9.59 Å². The zero-order chi connectivity index (χ0) is 13.6. The van der Waals surface area contributed by atoms with Gasteiger partial charge in [-0.2, -0.15) is 0 Å². The summed E-state index contributed by atoms with van der Waals surface area (Å²) in [6.45, 7) is 9.55. The Morgan fingerprint density at radius 2 is 2.17 bits per heavy atom. The van der Waals surface area contributed by atoms with Crippen LogP contribution < -0.4 is 0 Å². The number of cyclic esters (lactones) is 1. The van der Waals surface area contributed by atoms with Gasteiger partial charge in [0.25, 0.3) is 0 Å². The van der Waals surface area contributed by atoms with Gasteiger partial charge in [0, 0.05) is 13.3 Å². The molecule has 0 N–H and O–H groups in total. The highest BCUT2D eigenvalue weighted by Gasteiger charge is 2.65. The third kappa shape index (κ3) is 1.74. The van der Waals surface area contributed by atoms with E-state index >= 15 is 0 Å². The van der Waals surface area contributed by atoms with Gasteiger partial charge in [0.15, 0.2) is 0 Å². The summed E-state index contributed by atoms with van der Waals surface area (Å²) in [4.78, 5) is 23.5. The molecule has 1 saturated carbocycles. The lowest BCUT2D eigenvalue weighted by Gasteiger charge is -2.45. The number of allylic oxidation sites excluding steroid dienone is 1. The van der Waals surface area contributed by atoms with Crippen molar-refractivity contribution in [1.82, 2.24) is 0 Å². The van der Waals surface area contributed by atoms with Crippen molar-refractivity contribution >= 4 is 11.9 Å². The average molecular weight is 252 g/mol. The van der Waals surface area contributed by atoms with Crippen LogP contribution in [0.1, 0.15) is 40.0 Å². The number of hydrogen-bond donors (Lipinski definition) is 0. The maximum absolute atomic E-state index is 12.1. The zero-order valence-corrected chi connectivity index (χ0v) is 11.2. The molecular weight excluding hydrogens is 232 g/mol. The summed E-state index contributed by atoms with van der Waals surface area (Å²) in [6.07, 6.45) is 2.27. The molecule has 0 radical (unpaired) electrons. The van der Waals surface area contributed by atoms with Gasteiger partial charge >= 0.3 is 11.9 Å². The van der Waals surface area contributed by atoms with Crippen molar-refractivity contribution in [2.24, 2.45) is 11.3 Å². The van der Waals surface area contributed by atoms with E-state index in [1.54, 1.807) is 0 Å². The number of ether oxygens (including phenoxy) is 2. The van der Waals surface area contributed by atoms with E-state index in [4.69, 9.17) is 9.47 Å². The maximum atomic E-state index is 12.1. The van der Waals surface area contributed by atoms with Gasteiger partial charge in [-0.25, -0.2) is 4.79 Å². The van der Waals surface area contributed by atoms with E-state index < -0.39 is 23.0 Å². The highest BCUT2D eigenvalue weighted by molar-refractivity contribution is 5.86. The lowest BCUT2D eigenvalue weighted by atomic mass is 9.61. The third-order valence-electron chi connectivity index (χ3n) is 4.42. The molecule has 0 aromatic heterocycles. The van der Waals surface area contributed by atoms with E-state index in [2.05, 4.69) is 6.58 Å². The Bertz CT molecular complexity index is 414. The first-order valence-electron chi connectivity index (χ1n) is 6.33. The van der Waals surface area contributed by atoms with Crippen molar-refractivity contribution in [3.8, 4) is 0 Å². The standard InChI is InChI=1S/C14H20O4/c1-9(2)11-5-6-13(4)8-17-12(16)14(13,7-11)18-10(3)15/h11H,1,5-8H2,2-4H3/t11-,13+,14+/m1/s1. The fraction of sp³-hybridized carbons (Fsp3) is 0.714. The highest BCUT2D eigenvalue weighted by atomic mass is 16.6. The number of carbonyl (C=O) groups is 2. The van der Waals surface area contributed by atoms with Gasteiger partial charge in [-0.1, -0.05) is 19.1 Å². The Kier molecular flexibility index (Phi) is 2.99. The minimum absolute atomic E-state index is 0.211. The number of fused-ring (bicyclic) bond motifs is 1. The van der Waals surface area contributed by atoms with Crippen LogP contribution in [0.15, 0.2) is 12.2 Å². The molecule has 1 aliphatic heterocycles. The quantitative estimate of drug-likeness (QED) is 0.558. The van der Waals surface area contributed by atoms with Gasteiger partial charge in [0.1, 0.15) is 6.61 Å². The topological polar surface area (TPSA) is 52.6 Å². The van der Waals surface area contributed by atoms with Crippen LogP contribution in [0.25, 0.3) is 0 Å². The molecule has 0 aromatic carbocycles. The number of rotatable bonds is 2. The molecule has 1 aliphatic carbocycles. The lowest BCUT2D eigenvalue weighted by Crippen LogP contribution is -2.55. The second-order valence-corrected chi connectivity index (χ2v) is 5.84. The Morgan fingerprint density at radius 1 is 1.50 bits per heavy atom. The number of hydrogen-bond acceptors (Lipinski definition) is 4. The fourth-order valence-corrected chi connectivity index (χ4v) is 3.12. The van der Waals surface area contributed by atoms with E-state index in [1.165, 1.54) is 6.92 Å². The molecule has 0 spiro atoms. The monoisotopic (exact) mass is 252 g/mol. The first-order chi connectivity index (χ1) is 8.31. The molecule has 3 atom stereocenters. The SMILES string of the molecule is C=C(C)[C@@H]1CC[C@@]2(C)COC(=O)[C@@]2(OC(C)=O)C1. The van der Waals surface area contributed by atoms with Crippen LogP contribution in [0, 0.1) is 11.3 Å². The first-order valence-corrected chi connectivity index (χ1v) is 6.33. The molecule has 4 heteroatoms. The van der Waals surface area contributed by atoms with Crippen molar-refractivity contribution < 1.29 is 19.1 Å². The third-order valence-corrected chi connectivity index (χ3v) is 4.42. The van der Waals surface area contributed by atoms with Crippen molar-refractivity contribution in [1.29, 1.82) is 0 Å². The largest absolute Gasteiger partial charge is 0.462 e. The number of carbonyl (C=O) groups excluding carboxylic acids is 2. The summed E-state index contributed by atoms with van der Waals surface area (Å²) in [5, 5.41) is 0. The summed E-state index contributed by atoms with van der Waals surface area (Å²) in [5.74, 6) is -0.614. The van der Waals surface area contributed by atoms with Gasteiger partial charge in [0.2, 0.25) is 5.60 Å². The molecule has 100 valence electrons. The van der Waals surface area contributed by atoms with Crippen LogP contribution in [0.3, 0.4) is 0 Å². The molecule has 1 heterocycles. The van der Waals surface area contributed by atoms with Gasteiger partial charge < -0.3 is 9.47 Å². The predicted octanol–water partition coefficient (Wildman–Crippen LogP) is 2.23. The number of esters is 2. The summed E-state index contributed by atoms with van der Waals surface area (Å²) < 4.78 is 10.6. The second kappa shape index (κ2) is 4.11. The van der Waals surface area contributed by atoms with Crippen molar-refractivity contribution in [2.75, 3.05) is 6.61 Å². The van der Waals surface area contributed by atoms with Crippen molar-refractivity contribution in [2.45, 2.75) is 45.6 Å². The van der Waals surface area contributed by atoms with Crippen molar-refractivity contribution in [3.63, 3.8) is 0 Å². The van der Waals surface area contributed by atoms with E-state index in [0.717, 1.165) is 18.4 Å². The second-order valence-electron chi connectivity index (χ2n) is 5.84. The molecule has 2 fully saturated rings. The molecule has 2 rings (SSSR count). The van der Waals surface area contributed by atoms with Crippen LogP contribution in [-0.4, -0.2) is 24.1 Å². The van der Waals surface area contributed by atoms with Crippen LogP contribution in [-0.2, 0) is 19.1 Å². The van der Waals surface area contributed by atoms with E-state index in [0.29, 0.717) is 13.0 Å². The summed E-state index contributed by atoms with van der Waals surface area (Å²) in [6, 6.07) is 0. The molecule has 18 heavy (non-hydrogen) atoms. The molecule has 2 aliphatic rings. The highest BCUT2D eigenvalue weighted by Crippen LogP contribution is 2.54. The zero-order valence-electron chi connectivity index (χ0n) is 11.2. The molecular formula is C14H20O4. The van der Waals surface area contributed by atoms with E-state index in [-0.39, 0.29) is 5.92 Å². The summed E-state index contributed by atoms with van der Waals surface area (Å²) in [7, 11) is 0. The Labute approximate surface area is 107 Å². The molecule has 1 saturated heterocycles. The average Bonchev–Trinajstić information content (AvgIpc) is 2.51. The minimum Gasteiger partial charge on any atom is -0.462 e. The lowest BCUT2D eigenvalue weighted by molar-refractivity contribution is -0.185. The first kappa shape index (κ1) is 13.1. The Hall–Kier alpha value is -1.32. The Morgan fingerprint density at radius 3 is 2.72 bits per heavy atom. The fourth-order valence-electron chi connectivity index (χ4n) is 3.12. The molecule has 0 amide bonds. The van der Waals surface area contributed by atoms with Gasteiger partial charge in [-0.3, -0.25) is 4.79 Å². The van der Waals surface area contributed by atoms with Gasteiger partial charge in [-0.05, 0) is 25.7 Å². The van der Waals surface area contributed by atoms with E-state index in [1.807, 2.05) is 13.8 Å². The minimum atomic E-state index is -1.11.